The highest BCUT2D eigenvalue weighted by Crippen LogP contribution is 2.55. The van der Waals surface area contributed by atoms with Gasteiger partial charge in [-0.25, -0.2) is 4.79 Å². The molecule has 2 heterocycles. The predicted octanol–water partition coefficient (Wildman–Crippen LogP) is 7.31. The fourth-order valence-corrected chi connectivity index (χ4v) is 6.36. The van der Waals surface area contributed by atoms with Gasteiger partial charge in [-0.15, -0.1) is 0 Å². The number of hydrogen-bond acceptors (Lipinski definition) is 6. The SMILES string of the molecule is O=C(O)c1cncc(OCC23CCC(OCc4c(-c5c(Cl)cccc5Cl)noc4C4CC4)(CC2)CC3)c1. The quantitative estimate of drug-likeness (QED) is 0.302. The van der Waals surface area contributed by atoms with Gasteiger partial charge in [-0.3, -0.25) is 4.98 Å². The van der Waals surface area contributed by atoms with Crippen LogP contribution in [0.5, 0.6) is 5.75 Å². The van der Waals surface area contributed by atoms with Gasteiger partial charge in [0.05, 0.1) is 40.6 Å². The van der Waals surface area contributed by atoms with E-state index >= 15 is 0 Å². The van der Waals surface area contributed by atoms with Crippen LogP contribution in [-0.2, 0) is 11.3 Å². The van der Waals surface area contributed by atoms with E-state index < -0.39 is 5.97 Å². The van der Waals surface area contributed by atoms with Crippen LogP contribution < -0.4 is 4.74 Å². The van der Waals surface area contributed by atoms with Crippen molar-refractivity contribution in [3.05, 3.63) is 63.6 Å². The average molecular weight is 543 g/mol. The molecule has 2 bridgehead atoms. The Morgan fingerprint density at radius 2 is 1.78 bits per heavy atom. The largest absolute Gasteiger partial charge is 0.491 e. The second kappa shape index (κ2) is 9.61. The first kappa shape index (κ1) is 24.7. The molecule has 4 aliphatic rings. The number of aromatic nitrogens is 2. The van der Waals surface area contributed by atoms with Crippen molar-refractivity contribution in [3.8, 4) is 17.0 Å². The summed E-state index contributed by atoms with van der Waals surface area (Å²) in [5.41, 5.74) is 2.38. The second-order valence-corrected chi connectivity index (χ2v) is 11.5. The van der Waals surface area contributed by atoms with Gasteiger partial charge in [0.2, 0.25) is 0 Å². The first-order valence-corrected chi connectivity index (χ1v) is 13.5. The highest BCUT2D eigenvalue weighted by Gasteiger charge is 2.50. The number of carboxylic acid groups (broad SMARTS) is 1. The highest BCUT2D eigenvalue weighted by atomic mass is 35.5. The maximum atomic E-state index is 11.2. The Balaban J connectivity index is 1.14. The molecule has 2 aromatic heterocycles. The van der Waals surface area contributed by atoms with Crippen molar-refractivity contribution in [2.75, 3.05) is 6.61 Å². The number of carbonyl (C=O) groups is 1. The van der Waals surface area contributed by atoms with Crippen molar-refractivity contribution in [3.63, 3.8) is 0 Å². The van der Waals surface area contributed by atoms with Gasteiger partial charge in [-0.05, 0) is 69.6 Å². The van der Waals surface area contributed by atoms with Crippen molar-refractivity contribution in [2.24, 2.45) is 5.41 Å². The van der Waals surface area contributed by atoms with Crippen molar-refractivity contribution < 1.29 is 23.9 Å². The number of benzene rings is 1. The first-order chi connectivity index (χ1) is 17.9. The average Bonchev–Trinajstić information content (AvgIpc) is 3.68. The Labute approximate surface area is 225 Å². The number of rotatable bonds is 9. The van der Waals surface area contributed by atoms with Crippen molar-refractivity contribution in [1.29, 1.82) is 0 Å². The van der Waals surface area contributed by atoms with Gasteiger partial charge in [0.25, 0.3) is 0 Å². The molecule has 37 heavy (non-hydrogen) atoms. The molecule has 9 heteroatoms. The molecule has 1 N–H and O–H groups in total. The molecule has 0 saturated heterocycles. The van der Waals surface area contributed by atoms with Gasteiger partial charge in [0.1, 0.15) is 17.2 Å². The molecule has 4 saturated carbocycles. The van der Waals surface area contributed by atoms with Crippen molar-refractivity contribution in [1.82, 2.24) is 10.1 Å². The van der Waals surface area contributed by atoms with E-state index in [9.17, 15) is 9.90 Å². The van der Waals surface area contributed by atoms with Gasteiger partial charge in [-0.1, -0.05) is 34.4 Å². The topological polar surface area (TPSA) is 94.7 Å². The lowest BCUT2D eigenvalue weighted by Crippen LogP contribution is -2.49. The summed E-state index contributed by atoms with van der Waals surface area (Å²) in [6, 6.07) is 6.99. The molecule has 0 spiro atoms. The van der Waals surface area contributed by atoms with E-state index in [1.54, 1.807) is 6.20 Å². The molecule has 194 valence electrons. The van der Waals surface area contributed by atoms with Crippen LogP contribution >= 0.6 is 23.2 Å². The van der Waals surface area contributed by atoms with E-state index in [0.29, 0.717) is 46.2 Å². The number of fused-ring (bicyclic) bond motifs is 3. The molecular formula is C28H28Cl2N2O5. The smallest absolute Gasteiger partial charge is 0.337 e. The zero-order valence-corrected chi connectivity index (χ0v) is 21.9. The summed E-state index contributed by atoms with van der Waals surface area (Å²) in [7, 11) is 0. The van der Waals surface area contributed by atoms with Crippen LogP contribution in [0.15, 0.2) is 41.2 Å². The Bertz CT molecular complexity index is 1290. The molecule has 4 fully saturated rings. The van der Waals surface area contributed by atoms with Crippen LogP contribution in [0, 0.1) is 5.41 Å². The lowest BCUT2D eigenvalue weighted by atomic mass is 9.59. The van der Waals surface area contributed by atoms with Crippen LogP contribution in [0.2, 0.25) is 10.0 Å². The van der Waals surface area contributed by atoms with E-state index in [0.717, 1.165) is 62.7 Å². The minimum atomic E-state index is -1.01. The van der Waals surface area contributed by atoms with Crippen LogP contribution in [0.25, 0.3) is 11.3 Å². The van der Waals surface area contributed by atoms with Crippen LogP contribution in [0.3, 0.4) is 0 Å². The molecule has 7 rings (SSSR count). The second-order valence-electron chi connectivity index (χ2n) is 10.7. The molecule has 4 aliphatic carbocycles. The molecule has 3 aromatic rings. The van der Waals surface area contributed by atoms with E-state index in [1.807, 2.05) is 18.2 Å². The van der Waals surface area contributed by atoms with E-state index in [2.05, 4.69) is 10.1 Å². The van der Waals surface area contributed by atoms with Gasteiger partial charge >= 0.3 is 5.97 Å². The van der Waals surface area contributed by atoms with E-state index in [-0.39, 0.29) is 16.6 Å². The number of aromatic carboxylic acids is 1. The van der Waals surface area contributed by atoms with E-state index in [4.69, 9.17) is 37.2 Å². The summed E-state index contributed by atoms with van der Waals surface area (Å²) in [6.45, 7) is 0.976. The molecule has 7 nitrogen and oxygen atoms in total. The molecule has 0 unspecified atom stereocenters. The zero-order valence-electron chi connectivity index (χ0n) is 20.3. The zero-order chi connectivity index (χ0) is 25.6. The van der Waals surface area contributed by atoms with Crippen LogP contribution in [0.1, 0.15) is 79.0 Å². The van der Waals surface area contributed by atoms with Crippen molar-refractivity contribution in [2.45, 2.75) is 69.5 Å². The Morgan fingerprint density at radius 1 is 1.08 bits per heavy atom. The molecule has 0 aliphatic heterocycles. The molecule has 0 amide bonds. The first-order valence-electron chi connectivity index (χ1n) is 12.8. The molecule has 1 aromatic carbocycles. The predicted molar refractivity (Wildman–Crippen MR) is 138 cm³/mol. The van der Waals surface area contributed by atoms with Crippen LogP contribution in [-0.4, -0.2) is 33.4 Å². The molecular weight excluding hydrogens is 515 g/mol. The van der Waals surface area contributed by atoms with Gasteiger partial charge in [-0.2, -0.15) is 0 Å². The third-order valence-corrected chi connectivity index (χ3v) is 8.96. The highest BCUT2D eigenvalue weighted by molar-refractivity contribution is 6.39. The summed E-state index contributed by atoms with van der Waals surface area (Å²) in [6.07, 6.45) is 11.0. The number of nitrogens with zero attached hydrogens (tertiary/aromatic N) is 2. The van der Waals surface area contributed by atoms with Crippen molar-refractivity contribution >= 4 is 29.2 Å². The maximum Gasteiger partial charge on any atom is 0.337 e. The standard InChI is InChI=1S/C28H28Cl2N2O5/c29-21-2-1-3-22(30)23(21)24-20(25(37-32-24)17-4-5-17)15-36-28-9-6-27(7-10-28,8-11-28)16-35-19-12-18(26(33)34)13-31-14-19/h1-3,12-14,17H,4-11,15-16H2,(H,33,34). The molecule has 0 radical (unpaired) electrons. The number of halogens is 2. The minimum absolute atomic E-state index is 0.0803. The summed E-state index contributed by atoms with van der Waals surface area (Å²) >= 11 is 13.0. The number of hydrogen-bond donors (Lipinski definition) is 1. The van der Waals surface area contributed by atoms with E-state index in [1.165, 1.54) is 12.3 Å². The Hall–Kier alpha value is -2.61. The third kappa shape index (κ3) is 4.85. The fraction of sp³-hybridized carbons (Fsp3) is 0.464. The number of carboxylic acids is 1. The summed E-state index contributed by atoms with van der Waals surface area (Å²) in [5.74, 6) is 0.772. The van der Waals surface area contributed by atoms with Gasteiger partial charge in [0, 0.05) is 28.7 Å². The number of ether oxygens (including phenoxy) is 2. The minimum Gasteiger partial charge on any atom is -0.491 e. The monoisotopic (exact) mass is 542 g/mol. The lowest BCUT2D eigenvalue weighted by Gasteiger charge is -2.52. The Kier molecular flexibility index (Phi) is 6.42. The summed E-state index contributed by atoms with van der Waals surface area (Å²) in [5, 5.41) is 14.7. The maximum absolute atomic E-state index is 11.2. The normalized spacial score (nSPS) is 24.8. The van der Waals surface area contributed by atoms with Crippen LogP contribution in [0.4, 0.5) is 0 Å². The third-order valence-electron chi connectivity index (χ3n) is 8.33. The Morgan fingerprint density at radius 3 is 2.43 bits per heavy atom. The summed E-state index contributed by atoms with van der Waals surface area (Å²) in [4.78, 5) is 15.2. The summed E-state index contributed by atoms with van der Waals surface area (Å²) < 4.78 is 18.5. The van der Waals surface area contributed by atoms with Gasteiger partial charge in [0.15, 0.2) is 0 Å². The molecule has 0 atom stereocenters. The fourth-order valence-electron chi connectivity index (χ4n) is 5.79. The number of pyridine rings is 1. The van der Waals surface area contributed by atoms with Gasteiger partial charge < -0.3 is 19.1 Å². The lowest BCUT2D eigenvalue weighted by molar-refractivity contribution is -0.150.